The van der Waals surface area contributed by atoms with Gasteiger partial charge in [-0.2, -0.15) is 10.4 Å². The molecule has 4 aromatic heterocycles. The molecular weight excluding hydrogens is 462 g/mol. The second-order valence-corrected chi connectivity index (χ2v) is 10.5. The molecule has 9 nitrogen and oxygen atoms in total. The van der Waals surface area contributed by atoms with Crippen LogP contribution in [0.2, 0.25) is 0 Å². The van der Waals surface area contributed by atoms with Gasteiger partial charge in [0.1, 0.15) is 11.1 Å². The Kier molecular flexibility index (Phi) is 4.86. The molecule has 3 aliphatic carbocycles. The summed E-state index contributed by atoms with van der Waals surface area (Å²) in [6, 6.07) is 9.74. The number of nitrogens with zero attached hydrogens (tertiary/aromatic N) is 6. The van der Waals surface area contributed by atoms with Crippen LogP contribution in [0.25, 0.3) is 27.5 Å². The van der Waals surface area contributed by atoms with E-state index in [1.807, 2.05) is 31.4 Å². The fraction of sp³-hybridized carbons (Fsp3) is 0.360. The van der Waals surface area contributed by atoms with E-state index >= 15 is 0 Å². The molecule has 0 spiro atoms. The summed E-state index contributed by atoms with van der Waals surface area (Å²) in [7, 11) is 1.87. The second-order valence-electron chi connectivity index (χ2n) is 9.55. The lowest BCUT2D eigenvalue weighted by Gasteiger charge is -2.50. The number of carboxylic acid groups (broad SMARTS) is 1. The molecule has 176 valence electrons. The molecule has 0 radical (unpaired) electrons. The smallest absolute Gasteiger partial charge is 0.309 e. The molecule has 4 aromatic rings. The lowest BCUT2D eigenvalue weighted by atomic mass is 9.54. The normalized spacial score (nSPS) is 23.3. The van der Waals surface area contributed by atoms with Gasteiger partial charge in [0.25, 0.3) is 0 Å². The SMILES string of the molecule is CNc1cc(-c2ccc3cc(C#N)cnn23)ncc1-c1nnc(C23CCC(C(=O)O)(CC2)CC3)s1. The lowest BCUT2D eigenvalue weighted by molar-refractivity contribution is -0.156. The van der Waals surface area contributed by atoms with Gasteiger partial charge < -0.3 is 10.4 Å². The number of nitriles is 1. The molecule has 0 aromatic carbocycles. The third kappa shape index (κ3) is 3.30. The molecule has 3 saturated carbocycles. The van der Waals surface area contributed by atoms with Gasteiger partial charge in [0.05, 0.1) is 39.6 Å². The maximum absolute atomic E-state index is 11.8. The van der Waals surface area contributed by atoms with E-state index in [0.29, 0.717) is 24.8 Å². The number of carbonyl (C=O) groups is 1. The van der Waals surface area contributed by atoms with Crippen LogP contribution in [0.5, 0.6) is 0 Å². The first-order valence-electron chi connectivity index (χ1n) is 11.6. The highest BCUT2D eigenvalue weighted by atomic mass is 32.1. The zero-order valence-electron chi connectivity index (χ0n) is 19.2. The van der Waals surface area contributed by atoms with Crippen LogP contribution in [-0.4, -0.2) is 42.9 Å². The van der Waals surface area contributed by atoms with E-state index in [0.717, 1.165) is 57.4 Å². The highest BCUT2D eigenvalue weighted by Gasteiger charge is 2.54. The van der Waals surface area contributed by atoms with E-state index in [1.165, 1.54) is 0 Å². The molecule has 0 unspecified atom stereocenters. The Morgan fingerprint density at radius 1 is 1.14 bits per heavy atom. The molecule has 35 heavy (non-hydrogen) atoms. The van der Waals surface area contributed by atoms with Gasteiger partial charge in [-0.05, 0) is 62.8 Å². The van der Waals surface area contributed by atoms with Gasteiger partial charge >= 0.3 is 5.97 Å². The molecule has 2 bridgehead atoms. The van der Waals surface area contributed by atoms with Crippen LogP contribution in [0.4, 0.5) is 5.69 Å². The fourth-order valence-corrected chi connectivity index (χ4v) is 6.74. The third-order valence-electron chi connectivity index (χ3n) is 7.87. The summed E-state index contributed by atoms with van der Waals surface area (Å²) in [5.74, 6) is -0.648. The van der Waals surface area contributed by atoms with E-state index in [2.05, 4.69) is 26.7 Å². The van der Waals surface area contributed by atoms with Crippen LogP contribution in [-0.2, 0) is 10.2 Å². The number of anilines is 1. The van der Waals surface area contributed by atoms with Crippen molar-refractivity contribution in [3.63, 3.8) is 0 Å². The van der Waals surface area contributed by atoms with Crippen molar-refractivity contribution in [2.24, 2.45) is 5.41 Å². The van der Waals surface area contributed by atoms with E-state index < -0.39 is 11.4 Å². The van der Waals surface area contributed by atoms with Crippen molar-refractivity contribution in [3.05, 3.63) is 47.2 Å². The standard InChI is InChI=1S/C25H23N7O2S/c1-27-18-11-19(20-3-2-16-10-15(12-26)13-29-32(16)20)28-14-17(18)21-30-31-22(35-21)24-4-7-25(8-5-24,9-6-24)23(33)34/h2-3,10-11,13-14H,4-9H2,1H3,(H,27,28)(H,33,34). The average molecular weight is 486 g/mol. The number of aromatic nitrogens is 5. The minimum absolute atomic E-state index is 0.0565. The number of fused-ring (bicyclic) bond motifs is 4. The van der Waals surface area contributed by atoms with Crippen molar-refractivity contribution in [1.29, 1.82) is 5.26 Å². The molecule has 10 heteroatoms. The monoisotopic (exact) mass is 485 g/mol. The number of hydrogen-bond acceptors (Lipinski definition) is 8. The molecule has 4 heterocycles. The zero-order valence-corrected chi connectivity index (χ0v) is 20.0. The summed E-state index contributed by atoms with van der Waals surface area (Å²) >= 11 is 1.59. The molecule has 3 fully saturated rings. The topological polar surface area (TPSA) is 129 Å². The average Bonchev–Trinajstić information content (AvgIpc) is 3.57. The van der Waals surface area contributed by atoms with Crippen LogP contribution in [0.3, 0.4) is 0 Å². The van der Waals surface area contributed by atoms with Crippen molar-refractivity contribution in [2.45, 2.75) is 43.9 Å². The first-order chi connectivity index (χ1) is 17.0. The molecule has 0 saturated heterocycles. The Bertz CT molecular complexity index is 1490. The van der Waals surface area contributed by atoms with Crippen LogP contribution in [0.15, 0.2) is 36.7 Å². The summed E-state index contributed by atoms with van der Waals surface area (Å²) in [6.45, 7) is 0. The highest BCUT2D eigenvalue weighted by molar-refractivity contribution is 7.14. The van der Waals surface area contributed by atoms with Gasteiger partial charge in [0, 0.05) is 24.3 Å². The third-order valence-corrected chi connectivity index (χ3v) is 9.08. The largest absolute Gasteiger partial charge is 0.481 e. The Morgan fingerprint density at radius 2 is 1.91 bits per heavy atom. The maximum atomic E-state index is 11.8. The second kappa shape index (κ2) is 7.85. The van der Waals surface area contributed by atoms with Gasteiger partial charge in [0.15, 0.2) is 5.01 Å². The number of aliphatic carboxylic acids is 1. The molecule has 7 rings (SSSR count). The van der Waals surface area contributed by atoms with Crippen LogP contribution in [0, 0.1) is 16.7 Å². The Labute approximate surface area is 205 Å². The van der Waals surface area contributed by atoms with E-state index in [-0.39, 0.29) is 5.41 Å². The zero-order chi connectivity index (χ0) is 24.2. The summed E-state index contributed by atoms with van der Waals surface area (Å²) in [4.78, 5) is 16.5. The van der Waals surface area contributed by atoms with Gasteiger partial charge in [-0.25, -0.2) is 4.52 Å². The quantitative estimate of drug-likeness (QED) is 0.423. The number of carboxylic acids is 1. The predicted molar refractivity (Wildman–Crippen MR) is 131 cm³/mol. The van der Waals surface area contributed by atoms with Crippen LogP contribution < -0.4 is 5.32 Å². The highest BCUT2D eigenvalue weighted by Crippen LogP contribution is 2.58. The molecule has 0 atom stereocenters. The Morgan fingerprint density at radius 3 is 2.60 bits per heavy atom. The summed E-state index contributed by atoms with van der Waals surface area (Å²) in [5.41, 5.74) is 4.09. The van der Waals surface area contributed by atoms with E-state index in [1.54, 1.807) is 28.1 Å². The minimum atomic E-state index is -0.648. The number of nitrogens with one attached hydrogen (secondary N) is 1. The lowest BCUT2D eigenvalue weighted by Crippen LogP contribution is -2.47. The van der Waals surface area contributed by atoms with E-state index in [4.69, 9.17) is 10.2 Å². The number of pyridine rings is 1. The van der Waals surface area contributed by atoms with Crippen LogP contribution >= 0.6 is 11.3 Å². The Balaban J connectivity index is 1.32. The molecule has 0 aliphatic heterocycles. The molecule has 3 aliphatic rings. The number of rotatable bonds is 5. The predicted octanol–water partition coefficient (Wildman–Crippen LogP) is 4.50. The van der Waals surface area contributed by atoms with Crippen molar-refractivity contribution >= 4 is 28.5 Å². The summed E-state index contributed by atoms with van der Waals surface area (Å²) in [5, 5.41) is 37.4. The fourth-order valence-electron chi connectivity index (χ4n) is 5.60. The minimum Gasteiger partial charge on any atom is -0.481 e. The van der Waals surface area contributed by atoms with Gasteiger partial charge in [-0.15, -0.1) is 10.2 Å². The maximum Gasteiger partial charge on any atom is 0.309 e. The first kappa shape index (κ1) is 21.7. The molecule has 0 amide bonds. The van der Waals surface area contributed by atoms with Crippen molar-refractivity contribution in [3.8, 4) is 28.0 Å². The van der Waals surface area contributed by atoms with Gasteiger partial charge in [-0.1, -0.05) is 11.3 Å². The Hall–Kier alpha value is -3.84. The first-order valence-corrected chi connectivity index (χ1v) is 12.4. The van der Waals surface area contributed by atoms with Crippen LogP contribution in [0.1, 0.15) is 49.1 Å². The van der Waals surface area contributed by atoms with Crippen molar-refractivity contribution in [2.75, 3.05) is 12.4 Å². The molecule has 2 N–H and O–H groups in total. The van der Waals surface area contributed by atoms with Crippen molar-refractivity contribution < 1.29 is 9.90 Å². The van der Waals surface area contributed by atoms with Crippen molar-refractivity contribution in [1.82, 2.24) is 24.8 Å². The van der Waals surface area contributed by atoms with Gasteiger partial charge in [-0.3, -0.25) is 9.78 Å². The summed E-state index contributed by atoms with van der Waals surface area (Å²) in [6.07, 6.45) is 8.05. The summed E-state index contributed by atoms with van der Waals surface area (Å²) < 4.78 is 1.77. The van der Waals surface area contributed by atoms with Gasteiger partial charge in [0.2, 0.25) is 0 Å². The molecular formula is C25H23N7O2S. The van der Waals surface area contributed by atoms with E-state index in [9.17, 15) is 9.90 Å². The number of hydrogen-bond donors (Lipinski definition) is 2.